The van der Waals surface area contributed by atoms with Gasteiger partial charge in [0.2, 0.25) is 10.0 Å². The Morgan fingerprint density at radius 2 is 1.85 bits per heavy atom. The zero-order valence-corrected chi connectivity index (χ0v) is 12.4. The minimum absolute atomic E-state index is 0.269. The summed E-state index contributed by atoms with van der Waals surface area (Å²) in [6.07, 6.45) is 0. The van der Waals surface area contributed by atoms with E-state index in [0.717, 1.165) is 6.07 Å². The molecule has 0 radical (unpaired) electrons. The number of rotatable bonds is 6. The SMILES string of the molecule is CN(C)CCN(C)c1ccc(S(N)(=O)=O)cc1[N+](=O)[O-]. The van der Waals surface area contributed by atoms with Crippen LogP contribution in [0.25, 0.3) is 0 Å². The maximum Gasteiger partial charge on any atom is 0.293 e. The molecule has 0 saturated carbocycles. The number of hydrogen-bond acceptors (Lipinski definition) is 6. The number of nitrogens with zero attached hydrogens (tertiary/aromatic N) is 3. The summed E-state index contributed by atoms with van der Waals surface area (Å²) in [6.45, 7) is 1.28. The first kappa shape index (κ1) is 16.3. The summed E-state index contributed by atoms with van der Waals surface area (Å²) in [6, 6.07) is 3.65. The van der Waals surface area contributed by atoms with Crippen LogP contribution in [0.1, 0.15) is 0 Å². The molecule has 0 aliphatic heterocycles. The van der Waals surface area contributed by atoms with Gasteiger partial charge in [-0.1, -0.05) is 0 Å². The van der Waals surface area contributed by atoms with Gasteiger partial charge >= 0.3 is 0 Å². The third-order valence-electron chi connectivity index (χ3n) is 2.77. The molecular weight excluding hydrogens is 284 g/mol. The molecule has 0 bridgehead atoms. The highest BCUT2D eigenvalue weighted by molar-refractivity contribution is 7.89. The van der Waals surface area contributed by atoms with Crippen LogP contribution in [-0.4, -0.2) is 52.5 Å². The third-order valence-corrected chi connectivity index (χ3v) is 3.68. The van der Waals surface area contributed by atoms with E-state index in [4.69, 9.17) is 5.14 Å². The Labute approximate surface area is 118 Å². The van der Waals surface area contributed by atoms with Crippen molar-refractivity contribution in [2.45, 2.75) is 4.90 Å². The molecule has 8 nitrogen and oxygen atoms in total. The largest absolute Gasteiger partial charge is 0.368 e. The first-order valence-electron chi connectivity index (χ1n) is 5.80. The smallest absolute Gasteiger partial charge is 0.293 e. The number of likely N-dealkylation sites (N-methyl/N-ethyl adjacent to an activating group) is 2. The zero-order chi connectivity index (χ0) is 15.5. The van der Waals surface area contributed by atoms with Crippen LogP contribution in [0.15, 0.2) is 23.1 Å². The maximum atomic E-state index is 11.2. The van der Waals surface area contributed by atoms with Gasteiger partial charge in [-0.3, -0.25) is 10.1 Å². The Morgan fingerprint density at radius 1 is 1.25 bits per heavy atom. The third kappa shape index (κ3) is 4.15. The van der Waals surface area contributed by atoms with Crippen molar-refractivity contribution in [1.82, 2.24) is 4.90 Å². The molecule has 0 unspecified atom stereocenters. The van der Waals surface area contributed by atoms with Crippen molar-refractivity contribution in [1.29, 1.82) is 0 Å². The lowest BCUT2D eigenvalue weighted by Gasteiger charge is -2.21. The van der Waals surface area contributed by atoms with Crippen molar-refractivity contribution >= 4 is 21.4 Å². The number of nitrogens with two attached hydrogens (primary N) is 1. The lowest BCUT2D eigenvalue weighted by Crippen LogP contribution is -2.29. The van der Waals surface area contributed by atoms with Gasteiger partial charge in [-0.05, 0) is 26.2 Å². The topological polar surface area (TPSA) is 110 Å². The fourth-order valence-electron chi connectivity index (χ4n) is 1.62. The van der Waals surface area contributed by atoms with Crippen molar-refractivity contribution in [3.05, 3.63) is 28.3 Å². The number of nitro benzene ring substituents is 1. The summed E-state index contributed by atoms with van der Waals surface area (Å²) in [4.78, 5) is 13.8. The number of sulfonamides is 1. The number of primary sulfonamides is 1. The van der Waals surface area contributed by atoms with Gasteiger partial charge < -0.3 is 9.80 Å². The van der Waals surface area contributed by atoms with Crippen molar-refractivity contribution in [3.8, 4) is 0 Å². The van der Waals surface area contributed by atoms with E-state index in [9.17, 15) is 18.5 Å². The molecule has 112 valence electrons. The van der Waals surface area contributed by atoms with Crippen molar-refractivity contribution in [2.75, 3.05) is 39.1 Å². The minimum atomic E-state index is -3.96. The van der Waals surface area contributed by atoms with Gasteiger partial charge in [0.1, 0.15) is 5.69 Å². The van der Waals surface area contributed by atoms with E-state index in [1.807, 2.05) is 19.0 Å². The van der Waals surface area contributed by atoms with Crippen LogP contribution in [0.3, 0.4) is 0 Å². The summed E-state index contributed by atoms with van der Waals surface area (Å²) < 4.78 is 22.5. The lowest BCUT2D eigenvalue weighted by atomic mass is 10.2. The van der Waals surface area contributed by atoms with E-state index in [1.165, 1.54) is 12.1 Å². The minimum Gasteiger partial charge on any atom is -0.368 e. The predicted octanol–water partition coefficient (Wildman–Crippen LogP) is 0.240. The molecule has 0 aliphatic carbocycles. The second-order valence-corrected chi connectivity index (χ2v) is 6.24. The fraction of sp³-hybridized carbons (Fsp3) is 0.455. The molecule has 0 atom stereocenters. The first-order chi connectivity index (χ1) is 9.12. The number of anilines is 1. The molecule has 1 aromatic rings. The second-order valence-electron chi connectivity index (χ2n) is 4.68. The van der Waals surface area contributed by atoms with Gasteiger partial charge in [-0.15, -0.1) is 0 Å². The van der Waals surface area contributed by atoms with E-state index < -0.39 is 14.9 Å². The van der Waals surface area contributed by atoms with Crippen molar-refractivity contribution in [3.63, 3.8) is 0 Å². The Kier molecular flexibility index (Phi) is 5.03. The number of hydrogen-bond donors (Lipinski definition) is 1. The Balaban J connectivity index is 3.17. The van der Waals surface area contributed by atoms with E-state index in [-0.39, 0.29) is 10.6 Å². The van der Waals surface area contributed by atoms with E-state index in [1.54, 1.807) is 11.9 Å². The van der Waals surface area contributed by atoms with Gasteiger partial charge in [0.05, 0.1) is 9.82 Å². The van der Waals surface area contributed by atoms with Gasteiger partial charge in [0.15, 0.2) is 0 Å². The molecule has 20 heavy (non-hydrogen) atoms. The summed E-state index contributed by atoms with van der Waals surface area (Å²) in [5, 5.41) is 16.1. The van der Waals surface area contributed by atoms with E-state index in [0.29, 0.717) is 18.8 Å². The maximum absolute atomic E-state index is 11.2. The van der Waals surface area contributed by atoms with Crippen LogP contribution in [0.4, 0.5) is 11.4 Å². The number of nitro groups is 1. The fourth-order valence-corrected chi connectivity index (χ4v) is 2.15. The molecule has 0 amide bonds. The lowest BCUT2D eigenvalue weighted by molar-refractivity contribution is -0.384. The average molecular weight is 302 g/mol. The monoisotopic (exact) mass is 302 g/mol. The summed E-state index contributed by atoms with van der Waals surface area (Å²) in [5.74, 6) is 0. The molecule has 0 heterocycles. The molecule has 0 spiro atoms. The predicted molar refractivity (Wildman–Crippen MR) is 76.3 cm³/mol. The average Bonchev–Trinajstić information content (AvgIpc) is 2.33. The normalized spacial score (nSPS) is 11.7. The van der Waals surface area contributed by atoms with Crippen molar-refractivity contribution < 1.29 is 13.3 Å². The molecule has 0 fully saturated rings. The van der Waals surface area contributed by atoms with Crippen LogP contribution >= 0.6 is 0 Å². The Hall–Kier alpha value is -1.71. The Bertz CT molecular complexity index is 600. The van der Waals surface area contributed by atoms with Crippen LogP contribution in [0, 0.1) is 10.1 Å². The summed E-state index contributed by atoms with van der Waals surface area (Å²) >= 11 is 0. The van der Waals surface area contributed by atoms with Crippen LogP contribution in [0.5, 0.6) is 0 Å². The Morgan fingerprint density at radius 3 is 2.30 bits per heavy atom. The standard InChI is InChI=1S/C11H18N4O4S/c1-13(2)6-7-14(3)10-5-4-9(20(12,18)19)8-11(10)15(16)17/h4-5,8H,6-7H2,1-3H3,(H2,12,18,19). The highest BCUT2D eigenvalue weighted by atomic mass is 32.2. The molecule has 1 rings (SSSR count). The summed E-state index contributed by atoms with van der Waals surface area (Å²) in [5.41, 5.74) is 0.0713. The molecular formula is C11H18N4O4S. The quantitative estimate of drug-likeness (QED) is 0.595. The van der Waals surface area contributed by atoms with Crippen LogP contribution in [0.2, 0.25) is 0 Å². The van der Waals surface area contributed by atoms with Gasteiger partial charge in [0.25, 0.3) is 5.69 Å². The van der Waals surface area contributed by atoms with E-state index in [2.05, 4.69) is 0 Å². The summed E-state index contributed by atoms with van der Waals surface area (Å²) in [7, 11) is 1.54. The molecule has 0 saturated heterocycles. The van der Waals surface area contributed by atoms with Gasteiger partial charge in [-0.2, -0.15) is 0 Å². The first-order valence-corrected chi connectivity index (χ1v) is 7.34. The molecule has 0 aliphatic rings. The molecule has 2 N–H and O–H groups in total. The highest BCUT2D eigenvalue weighted by Gasteiger charge is 2.21. The second kappa shape index (κ2) is 6.16. The molecule has 0 aromatic heterocycles. The van der Waals surface area contributed by atoms with Gasteiger partial charge in [0, 0.05) is 26.2 Å². The number of benzene rings is 1. The van der Waals surface area contributed by atoms with Crippen molar-refractivity contribution in [2.24, 2.45) is 5.14 Å². The van der Waals surface area contributed by atoms with E-state index >= 15 is 0 Å². The molecule has 9 heteroatoms. The van der Waals surface area contributed by atoms with Crippen LogP contribution < -0.4 is 10.0 Å². The zero-order valence-electron chi connectivity index (χ0n) is 11.6. The highest BCUT2D eigenvalue weighted by Crippen LogP contribution is 2.29. The molecule has 1 aromatic carbocycles. The van der Waals surface area contributed by atoms with Crippen LogP contribution in [-0.2, 0) is 10.0 Å². The van der Waals surface area contributed by atoms with Gasteiger partial charge in [-0.25, -0.2) is 13.6 Å².